The van der Waals surface area contributed by atoms with Crippen LogP contribution in [0.3, 0.4) is 0 Å². The van der Waals surface area contributed by atoms with E-state index in [0.717, 1.165) is 30.2 Å². The fourth-order valence-electron chi connectivity index (χ4n) is 2.11. The summed E-state index contributed by atoms with van der Waals surface area (Å²) in [6.45, 7) is 5.18. The molecule has 0 radical (unpaired) electrons. The molecule has 2 aromatic rings. The molecule has 2 aromatic heterocycles. The third-order valence-electron chi connectivity index (χ3n) is 3.33. The predicted molar refractivity (Wildman–Crippen MR) is 89.2 cm³/mol. The van der Waals surface area contributed by atoms with Crippen molar-refractivity contribution >= 4 is 29.0 Å². The number of imidazole rings is 1. The Hall–Kier alpha value is -1.47. The Labute approximate surface area is 129 Å². The van der Waals surface area contributed by atoms with Gasteiger partial charge in [-0.15, -0.1) is 0 Å². The fraction of sp³-hybridized carbons (Fsp3) is 0.571. The first-order valence-electron chi connectivity index (χ1n) is 7.17. The number of nitrogens with zero attached hydrogens (tertiary/aromatic N) is 3. The van der Waals surface area contributed by atoms with E-state index in [-0.39, 0.29) is 17.9 Å². The first-order chi connectivity index (χ1) is 10.2. The smallest absolute Gasteiger partial charge is 0.180 e. The molecule has 0 aromatic carbocycles. The predicted octanol–water partition coefficient (Wildman–Crippen LogP) is 2.08. The third-order valence-corrected chi connectivity index (χ3v) is 4.50. The summed E-state index contributed by atoms with van der Waals surface area (Å²) in [5.41, 5.74) is 0.793. The quantitative estimate of drug-likeness (QED) is 0.693. The molecule has 0 bridgehead atoms. The maximum Gasteiger partial charge on any atom is 0.180 e. The van der Waals surface area contributed by atoms with Crippen LogP contribution in [0.25, 0.3) is 5.65 Å². The molecule has 2 heterocycles. The first kappa shape index (κ1) is 15.9. The summed E-state index contributed by atoms with van der Waals surface area (Å²) in [6.07, 6.45) is 8.64. The van der Waals surface area contributed by atoms with Crippen molar-refractivity contribution in [3.63, 3.8) is 0 Å². The number of anilines is 2. The summed E-state index contributed by atoms with van der Waals surface area (Å²) < 4.78 is 1.95. The average Bonchev–Trinajstić information content (AvgIpc) is 2.95. The van der Waals surface area contributed by atoms with E-state index in [2.05, 4.69) is 27.5 Å². The van der Waals surface area contributed by atoms with Gasteiger partial charge in [0.25, 0.3) is 0 Å². The molecule has 0 aliphatic heterocycles. The topological polar surface area (TPSA) is 74.5 Å². The van der Waals surface area contributed by atoms with E-state index in [4.69, 9.17) is 0 Å². The second kappa shape index (κ2) is 7.51. The highest BCUT2D eigenvalue weighted by atomic mass is 32.2. The molecule has 0 saturated carbocycles. The molecule has 0 saturated heterocycles. The van der Waals surface area contributed by atoms with Gasteiger partial charge in [-0.25, -0.2) is 9.97 Å². The molecule has 7 heteroatoms. The van der Waals surface area contributed by atoms with Crippen LogP contribution in [-0.2, 0) is 0 Å². The first-order valence-corrected chi connectivity index (χ1v) is 8.46. The molecule has 0 aliphatic carbocycles. The Morgan fingerprint density at radius 2 is 2.29 bits per heavy atom. The van der Waals surface area contributed by atoms with Gasteiger partial charge in [-0.2, -0.15) is 11.8 Å². The minimum Gasteiger partial charge on any atom is -0.395 e. The van der Waals surface area contributed by atoms with Crippen LogP contribution in [-0.4, -0.2) is 50.2 Å². The number of hydrogen-bond acceptors (Lipinski definition) is 6. The van der Waals surface area contributed by atoms with Crippen molar-refractivity contribution in [1.82, 2.24) is 14.4 Å². The highest BCUT2D eigenvalue weighted by Crippen LogP contribution is 2.20. The number of aliphatic hydroxyl groups excluding tert-OH is 1. The van der Waals surface area contributed by atoms with Crippen LogP contribution in [0.2, 0.25) is 0 Å². The van der Waals surface area contributed by atoms with Gasteiger partial charge in [-0.05, 0) is 19.6 Å². The summed E-state index contributed by atoms with van der Waals surface area (Å²) in [6, 6.07) is 0.0967. The number of aromatic nitrogens is 3. The lowest BCUT2D eigenvalue weighted by Crippen LogP contribution is -2.31. The minimum atomic E-state index is 0.0967. The lowest BCUT2D eigenvalue weighted by atomic mass is 10.2. The standard InChI is InChI=1S/C14H23N5OS/c1-4-5-15-12-8-19-7-6-16-14(19)13(18-12)17-10(2)11(9-20)21-3/h6-8,10-11,15,20H,4-5,9H2,1-3H3,(H,17,18). The van der Waals surface area contributed by atoms with E-state index < -0.39 is 0 Å². The van der Waals surface area contributed by atoms with Gasteiger partial charge >= 0.3 is 0 Å². The molecular formula is C14H23N5OS. The molecule has 0 aliphatic rings. The highest BCUT2D eigenvalue weighted by molar-refractivity contribution is 7.99. The van der Waals surface area contributed by atoms with E-state index in [1.807, 2.05) is 30.0 Å². The van der Waals surface area contributed by atoms with Crippen molar-refractivity contribution in [2.75, 3.05) is 30.0 Å². The van der Waals surface area contributed by atoms with Gasteiger partial charge < -0.3 is 20.1 Å². The molecule has 116 valence electrons. The number of hydrogen-bond donors (Lipinski definition) is 3. The summed E-state index contributed by atoms with van der Waals surface area (Å²) in [5.74, 6) is 1.56. The van der Waals surface area contributed by atoms with Gasteiger partial charge in [0.15, 0.2) is 11.5 Å². The zero-order chi connectivity index (χ0) is 15.2. The second-order valence-corrected chi connectivity index (χ2v) is 6.03. The van der Waals surface area contributed by atoms with E-state index in [1.54, 1.807) is 18.0 Å². The normalized spacial score (nSPS) is 14.1. The van der Waals surface area contributed by atoms with Gasteiger partial charge in [0.05, 0.1) is 12.8 Å². The Morgan fingerprint density at radius 1 is 1.48 bits per heavy atom. The zero-order valence-corrected chi connectivity index (χ0v) is 13.5. The van der Waals surface area contributed by atoms with Gasteiger partial charge in [0.2, 0.25) is 0 Å². The Balaban J connectivity index is 2.26. The summed E-state index contributed by atoms with van der Waals surface area (Å²) >= 11 is 1.64. The van der Waals surface area contributed by atoms with Gasteiger partial charge in [0.1, 0.15) is 5.82 Å². The molecule has 2 unspecified atom stereocenters. The van der Waals surface area contributed by atoms with Crippen molar-refractivity contribution in [3.05, 3.63) is 18.6 Å². The van der Waals surface area contributed by atoms with Crippen LogP contribution in [0.15, 0.2) is 18.6 Å². The Morgan fingerprint density at radius 3 is 2.95 bits per heavy atom. The lowest BCUT2D eigenvalue weighted by molar-refractivity contribution is 0.288. The molecular weight excluding hydrogens is 286 g/mol. The highest BCUT2D eigenvalue weighted by Gasteiger charge is 2.17. The maximum absolute atomic E-state index is 9.40. The van der Waals surface area contributed by atoms with Gasteiger partial charge in [-0.1, -0.05) is 6.92 Å². The number of fused-ring (bicyclic) bond motifs is 1. The van der Waals surface area contributed by atoms with Crippen molar-refractivity contribution in [2.24, 2.45) is 0 Å². The van der Waals surface area contributed by atoms with Gasteiger partial charge in [0, 0.05) is 30.2 Å². The van der Waals surface area contributed by atoms with Crippen LogP contribution in [0.1, 0.15) is 20.3 Å². The molecule has 21 heavy (non-hydrogen) atoms. The number of thioether (sulfide) groups is 1. The molecule has 2 rings (SSSR count). The molecule has 2 atom stereocenters. The molecule has 0 amide bonds. The zero-order valence-electron chi connectivity index (χ0n) is 12.7. The maximum atomic E-state index is 9.40. The molecule has 6 nitrogen and oxygen atoms in total. The van der Waals surface area contributed by atoms with Crippen LogP contribution >= 0.6 is 11.8 Å². The summed E-state index contributed by atoms with van der Waals surface area (Å²) in [7, 11) is 0. The number of rotatable bonds is 8. The largest absolute Gasteiger partial charge is 0.395 e. The van der Waals surface area contributed by atoms with E-state index in [9.17, 15) is 5.11 Å². The van der Waals surface area contributed by atoms with E-state index >= 15 is 0 Å². The Bertz CT molecular complexity index is 569. The molecule has 0 spiro atoms. The van der Waals surface area contributed by atoms with Crippen LogP contribution in [0.5, 0.6) is 0 Å². The monoisotopic (exact) mass is 309 g/mol. The van der Waals surface area contributed by atoms with Crippen LogP contribution in [0, 0.1) is 0 Å². The van der Waals surface area contributed by atoms with E-state index in [0.29, 0.717) is 0 Å². The second-order valence-electron chi connectivity index (χ2n) is 4.95. The summed E-state index contributed by atoms with van der Waals surface area (Å²) in [5, 5.41) is 16.2. The minimum absolute atomic E-state index is 0.0967. The molecule has 0 fully saturated rings. The Kier molecular flexibility index (Phi) is 5.69. The average molecular weight is 309 g/mol. The van der Waals surface area contributed by atoms with Crippen molar-refractivity contribution in [3.8, 4) is 0 Å². The van der Waals surface area contributed by atoms with Crippen LogP contribution in [0.4, 0.5) is 11.6 Å². The lowest BCUT2D eigenvalue weighted by Gasteiger charge is -2.22. The van der Waals surface area contributed by atoms with Crippen LogP contribution < -0.4 is 10.6 Å². The SMILES string of the molecule is CCCNc1cn2ccnc2c(NC(C)C(CO)SC)n1. The molecule has 3 N–H and O–H groups in total. The van der Waals surface area contributed by atoms with Gasteiger partial charge in [-0.3, -0.25) is 0 Å². The van der Waals surface area contributed by atoms with Crippen molar-refractivity contribution < 1.29 is 5.11 Å². The van der Waals surface area contributed by atoms with E-state index in [1.165, 1.54) is 0 Å². The summed E-state index contributed by atoms with van der Waals surface area (Å²) in [4.78, 5) is 8.95. The number of aliphatic hydroxyl groups is 1. The van der Waals surface area contributed by atoms with Crippen molar-refractivity contribution in [2.45, 2.75) is 31.6 Å². The fourth-order valence-corrected chi connectivity index (χ4v) is 2.74. The number of nitrogens with one attached hydrogen (secondary N) is 2. The third kappa shape index (κ3) is 3.79. The van der Waals surface area contributed by atoms with Crippen molar-refractivity contribution in [1.29, 1.82) is 0 Å².